The van der Waals surface area contributed by atoms with E-state index in [0.29, 0.717) is 16.7 Å². The molecule has 0 N–H and O–H groups in total. The quantitative estimate of drug-likeness (QED) is 0.237. The first kappa shape index (κ1) is 20.5. The Hall–Kier alpha value is -5.69. The SMILES string of the molecule is N#Cc1ccc(-c2c3cc(C#N)cc4c5cc(C#N)ccc5c(c34)c3c4cccc5cccc(c23)c54)cc1. The first-order valence-electron chi connectivity index (χ1n) is 12.4. The van der Waals surface area contributed by atoms with Crippen LogP contribution in [0, 0.1) is 34.0 Å². The molecule has 170 valence electrons. The largest absolute Gasteiger partial charge is 0.192 e. The highest BCUT2D eigenvalue weighted by Crippen LogP contribution is 2.53. The molecular formula is C35H15N3. The highest BCUT2D eigenvalue weighted by Gasteiger charge is 2.25. The number of nitriles is 3. The fraction of sp³-hybridized carbons (Fsp3) is 0. The second-order valence-corrected chi connectivity index (χ2v) is 9.83. The topological polar surface area (TPSA) is 71.4 Å². The van der Waals surface area contributed by atoms with E-state index in [9.17, 15) is 15.8 Å². The lowest BCUT2D eigenvalue weighted by Crippen LogP contribution is -1.87. The highest BCUT2D eigenvalue weighted by molar-refractivity contribution is 6.48. The van der Waals surface area contributed by atoms with E-state index in [2.05, 4.69) is 60.7 Å². The summed E-state index contributed by atoms with van der Waals surface area (Å²) in [5.41, 5.74) is 3.86. The third kappa shape index (κ3) is 2.44. The summed E-state index contributed by atoms with van der Waals surface area (Å²) in [4.78, 5) is 0. The van der Waals surface area contributed by atoms with Crippen molar-refractivity contribution in [2.45, 2.75) is 0 Å². The number of nitrogens with zero attached hydrogens (tertiary/aromatic N) is 3. The average Bonchev–Trinajstić information content (AvgIpc) is 3.48. The third-order valence-electron chi connectivity index (χ3n) is 7.99. The van der Waals surface area contributed by atoms with Crippen LogP contribution in [0.1, 0.15) is 16.7 Å². The molecule has 8 aromatic carbocycles. The molecule has 0 aliphatic carbocycles. The van der Waals surface area contributed by atoms with Gasteiger partial charge in [0.1, 0.15) is 0 Å². The minimum atomic E-state index is 0.581. The molecule has 3 nitrogen and oxygen atoms in total. The van der Waals surface area contributed by atoms with Gasteiger partial charge in [0.05, 0.1) is 34.9 Å². The zero-order valence-corrected chi connectivity index (χ0v) is 20.0. The molecule has 8 aromatic rings. The van der Waals surface area contributed by atoms with Crippen molar-refractivity contribution < 1.29 is 0 Å². The Morgan fingerprint density at radius 1 is 0.395 bits per heavy atom. The number of benzene rings is 6. The van der Waals surface area contributed by atoms with Crippen molar-refractivity contribution in [1.29, 1.82) is 15.8 Å². The first-order chi connectivity index (χ1) is 18.7. The van der Waals surface area contributed by atoms with E-state index in [4.69, 9.17) is 0 Å². The summed E-state index contributed by atoms with van der Waals surface area (Å²) in [6.45, 7) is 0. The molecule has 0 amide bonds. The van der Waals surface area contributed by atoms with Crippen molar-refractivity contribution in [1.82, 2.24) is 0 Å². The number of hydrogen-bond acceptors (Lipinski definition) is 3. The molecule has 3 heteroatoms. The van der Waals surface area contributed by atoms with Gasteiger partial charge in [0.15, 0.2) is 0 Å². The second-order valence-electron chi connectivity index (χ2n) is 9.83. The second kappa shape index (κ2) is 7.18. The van der Waals surface area contributed by atoms with Crippen LogP contribution in [-0.2, 0) is 0 Å². The Morgan fingerprint density at radius 2 is 1.00 bits per heavy atom. The molecule has 0 aliphatic heterocycles. The summed E-state index contributed by atoms with van der Waals surface area (Å²) in [6, 6.07) is 37.3. The maximum Gasteiger partial charge on any atom is 0.0992 e. The van der Waals surface area contributed by atoms with Crippen molar-refractivity contribution in [2.24, 2.45) is 0 Å². The van der Waals surface area contributed by atoms with Crippen molar-refractivity contribution >= 4 is 64.6 Å². The van der Waals surface area contributed by atoms with Crippen molar-refractivity contribution in [3.63, 3.8) is 0 Å². The maximum absolute atomic E-state index is 10.0. The van der Waals surface area contributed by atoms with Gasteiger partial charge in [0.25, 0.3) is 0 Å². The van der Waals surface area contributed by atoms with E-state index in [1.165, 1.54) is 26.9 Å². The van der Waals surface area contributed by atoms with Crippen LogP contribution in [0.4, 0.5) is 0 Å². The Kier molecular flexibility index (Phi) is 3.87. The van der Waals surface area contributed by atoms with Gasteiger partial charge in [-0.3, -0.25) is 0 Å². The van der Waals surface area contributed by atoms with E-state index < -0.39 is 0 Å². The zero-order chi connectivity index (χ0) is 25.5. The third-order valence-corrected chi connectivity index (χ3v) is 7.99. The Labute approximate surface area is 217 Å². The zero-order valence-electron chi connectivity index (χ0n) is 20.0. The molecule has 0 aliphatic rings. The molecule has 0 saturated carbocycles. The standard InChI is InChI=1S/C35H15N3/c36-16-19-7-10-23(11-8-19)31-29-15-21(18-38)14-28-27-13-20(17-37)9-12-24(27)33(32(28)29)35-26-6-2-4-22-3-1-5-25(30(22)26)34(31)35/h1-15H. The maximum atomic E-state index is 10.0. The number of rotatable bonds is 1. The van der Waals surface area contributed by atoms with E-state index in [0.717, 1.165) is 48.8 Å². The smallest absolute Gasteiger partial charge is 0.0992 e. The summed E-state index contributed by atoms with van der Waals surface area (Å²) in [5.74, 6) is 0. The van der Waals surface area contributed by atoms with Gasteiger partial charge in [0, 0.05) is 0 Å². The van der Waals surface area contributed by atoms with Crippen LogP contribution in [0.2, 0.25) is 0 Å². The van der Waals surface area contributed by atoms with Gasteiger partial charge < -0.3 is 0 Å². The molecule has 0 atom stereocenters. The van der Waals surface area contributed by atoms with Crippen LogP contribution in [0.25, 0.3) is 75.8 Å². The highest BCUT2D eigenvalue weighted by atomic mass is 14.3. The molecular weight excluding hydrogens is 462 g/mol. The van der Waals surface area contributed by atoms with Gasteiger partial charge in [-0.25, -0.2) is 0 Å². The van der Waals surface area contributed by atoms with Gasteiger partial charge >= 0.3 is 0 Å². The van der Waals surface area contributed by atoms with Gasteiger partial charge in [0.2, 0.25) is 0 Å². The predicted molar refractivity (Wildman–Crippen MR) is 153 cm³/mol. The molecule has 0 bridgehead atoms. The Balaban J connectivity index is 1.77. The lowest BCUT2D eigenvalue weighted by molar-refractivity contribution is 1.48. The van der Waals surface area contributed by atoms with E-state index >= 15 is 0 Å². The number of hydrogen-bond donors (Lipinski definition) is 0. The minimum Gasteiger partial charge on any atom is -0.192 e. The summed E-state index contributed by atoms with van der Waals surface area (Å²) < 4.78 is 0. The van der Waals surface area contributed by atoms with Crippen LogP contribution >= 0.6 is 0 Å². The fourth-order valence-corrected chi connectivity index (χ4v) is 6.53. The summed E-state index contributed by atoms with van der Waals surface area (Å²) in [7, 11) is 0. The average molecular weight is 478 g/mol. The predicted octanol–water partition coefficient (Wildman–Crippen LogP) is 8.76. The number of fused-ring (bicyclic) bond motifs is 7. The van der Waals surface area contributed by atoms with Crippen LogP contribution in [-0.4, -0.2) is 0 Å². The van der Waals surface area contributed by atoms with Crippen LogP contribution in [0.15, 0.2) is 91.0 Å². The van der Waals surface area contributed by atoms with Crippen molar-refractivity contribution in [3.8, 4) is 29.3 Å². The van der Waals surface area contributed by atoms with Gasteiger partial charge in [-0.1, -0.05) is 54.6 Å². The molecule has 0 unspecified atom stereocenters. The van der Waals surface area contributed by atoms with E-state index in [1.807, 2.05) is 48.5 Å². The van der Waals surface area contributed by atoms with Gasteiger partial charge in [-0.2, -0.15) is 15.8 Å². The lowest BCUT2D eigenvalue weighted by Gasteiger charge is -2.13. The van der Waals surface area contributed by atoms with Crippen molar-refractivity contribution in [3.05, 3.63) is 108 Å². The molecule has 38 heavy (non-hydrogen) atoms. The van der Waals surface area contributed by atoms with Crippen LogP contribution in [0.3, 0.4) is 0 Å². The van der Waals surface area contributed by atoms with E-state index in [-0.39, 0.29) is 0 Å². The summed E-state index contributed by atoms with van der Waals surface area (Å²) in [6.07, 6.45) is 0. The molecule has 0 saturated heterocycles. The summed E-state index contributed by atoms with van der Waals surface area (Å²) >= 11 is 0. The summed E-state index contributed by atoms with van der Waals surface area (Å²) in [5, 5.41) is 42.6. The van der Waals surface area contributed by atoms with Crippen molar-refractivity contribution in [2.75, 3.05) is 0 Å². The molecule has 0 radical (unpaired) electrons. The monoisotopic (exact) mass is 477 g/mol. The van der Waals surface area contributed by atoms with Crippen LogP contribution < -0.4 is 0 Å². The lowest BCUT2D eigenvalue weighted by atomic mass is 9.89. The molecule has 0 heterocycles. The molecule has 0 aromatic heterocycles. The normalized spacial score (nSPS) is 11.6. The Bertz CT molecular complexity index is 2400. The molecule has 0 spiro atoms. The van der Waals surface area contributed by atoms with Crippen LogP contribution in [0.5, 0.6) is 0 Å². The Morgan fingerprint density at radius 3 is 1.71 bits per heavy atom. The first-order valence-corrected chi connectivity index (χ1v) is 12.4. The molecule has 8 rings (SSSR count). The van der Waals surface area contributed by atoms with E-state index in [1.54, 1.807) is 0 Å². The minimum absolute atomic E-state index is 0.581. The van der Waals surface area contributed by atoms with Gasteiger partial charge in [-0.05, 0) is 112 Å². The molecule has 0 fully saturated rings. The fourth-order valence-electron chi connectivity index (χ4n) is 6.53. The van der Waals surface area contributed by atoms with Gasteiger partial charge in [-0.15, -0.1) is 0 Å².